The van der Waals surface area contributed by atoms with E-state index >= 15 is 0 Å². The Hall–Kier alpha value is -2.07. The summed E-state index contributed by atoms with van der Waals surface area (Å²) in [6.45, 7) is 0.656. The molecule has 0 bridgehead atoms. The summed E-state index contributed by atoms with van der Waals surface area (Å²) in [7, 11) is 4.84. The van der Waals surface area contributed by atoms with E-state index in [0.717, 1.165) is 11.3 Å². The first-order chi connectivity index (χ1) is 10.2. The Labute approximate surface area is 129 Å². The maximum absolute atomic E-state index is 6.10. The van der Waals surface area contributed by atoms with Gasteiger partial charge >= 0.3 is 0 Å². The molecule has 0 aromatic heterocycles. The lowest BCUT2D eigenvalue weighted by Crippen LogP contribution is -2.00. The molecule has 0 radical (unpaired) electrons. The van der Waals surface area contributed by atoms with Gasteiger partial charge < -0.3 is 19.5 Å². The summed E-state index contributed by atoms with van der Waals surface area (Å²) in [5.41, 5.74) is 2.01. The predicted octanol–water partition coefficient (Wildman–Crippen LogP) is 3.98. The average molecular weight is 308 g/mol. The molecular weight excluding hydrogens is 290 g/mol. The van der Waals surface area contributed by atoms with Crippen LogP contribution in [0, 0.1) is 0 Å². The molecule has 4 nitrogen and oxygen atoms in total. The first-order valence-corrected chi connectivity index (χ1v) is 6.84. The zero-order valence-electron chi connectivity index (χ0n) is 12.3. The molecule has 0 heterocycles. The van der Waals surface area contributed by atoms with E-state index in [1.807, 2.05) is 36.4 Å². The van der Waals surface area contributed by atoms with Crippen molar-refractivity contribution in [1.29, 1.82) is 0 Å². The number of benzene rings is 2. The molecule has 21 heavy (non-hydrogen) atoms. The SMILES string of the molecule is COc1ccc(NCc2ccc(OC)c(OC)c2)cc1Cl. The first-order valence-electron chi connectivity index (χ1n) is 6.46. The van der Waals surface area contributed by atoms with Crippen molar-refractivity contribution in [2.45, 2.75) is 6.54 Å². The van der Waals surface area contributed by atoms with Crippen molar-refractivity contribution < 1.29 is 14.2 Å². The Bertz CT molecular complexity index is 616. The molecule has 0 aliphatic rings. The van der Waals surface area contributed by atoms with Crippen LogP contribution in [0.3, 0.4) is 0 Å². The van der Waals surface area contributed by atoms with Crippen LogP contribution in [0.2, 0.25) is 5.02 Å². The van der Waals surface area contributed by atoms with Gasteiger partial charge in [-0.3, -0.25) is 0 Å². The topological polar surface area (TPSA) is 39.7 Å². The summed E-state index contributed by atoms with van der Waals surface area (Å²) < 4.78 is 15.6. The Morgan fingerprint density at radius 2 is 1.52 bits per heavy atom. The van der Waals surface area contributed by atoms with Crippen molar-refractivity contribution in [3.8, 4) is 17.2 Å². The Morgan fingerprint density at radius 3 is 2.14 bits per heavy atom. The number of methoxy groups -OCH3 is 3. The molecule has 0 spiro atoms. The van der Waals surface area contributed by atoms with E-state index in [-0.39, 0.29) is 0 Å². The number of halogens is 1. The highest BCUT2D eigenvalue weighted by molar-refractivity contribution is 6.32. The Kier molecular flexibility index (Phi) is 5.17. The Morgan fingerprint density at radius 1 is 0.857 bits per heavy atom. The van der Waals surface area contributed by atoms with Gasteiger partial charge in [-0.15, -0.1) is 0 Å². The van der Waals surface area contributed by atoms with Gasteiger partial charge in [-0.1, -0.05) is 17.7 Å². The molecule has 5 heteroatoms. The van der Waals surface area contributed by atoms with E-state index in [0.29, 0.717) is 28.8 Å². The Balaban J connectivity index is 2.07. The summed E-state index contributed by atoms with van der Waals surface area (Å²) in [6.07, 6.45) is 0. The molecule has 0 aliphatic heterocycles. The molecule has 0 unspecified atom stereocenters. The average Bonchev–Trinajstić information content (AvgIpc) is 2.52. The number of ether oxygens (including phenoxy) is 3. The first kappa shape index (κ1) is 15.3. The third kappa shape index (κ3) is 3.73. The van der Waals surface area contributed by atoms with Crippen LogP contribution in [0.1, 0.15) is 5.56 Å². The molecule has 0 saturated heterocycles. The van der Waals surface area contributed by atoms with Gasteiger partial charge in [-0.2, -0.15) is 0 Å². The van der Waals surface area contributed by atoms with Crippen molar-refractivity contribution in [2.75, 3.05) is 26.6 Å². The maximum atomic E-state index is 6.10. The smallest absolute Gasteiger partial charge is 0.161 e. The minimum atomic E-state index is 0.579. The number of hydrogen-bond donors (Lipinski definition) is 1. The molecule has 0 saturated carbocycles. The fraction of sp³-hybridized carbons (Fsp3) is 0.250. The standard InChI is InChI=1S/C16H18ClNO3/c1-19-14-7-5-12(9-13(14)17)18-10-11-4-6-15(20-2)16(8-11)21-3/h4-9,18H,10H2,1-3H3. The summed E-state index contributed by atoms with van der Waals surface area (Å²) in [4.78, 5) is 0. The second kappa shape index (κ2) is 7.09. The quantitative estimate of drug-likeness (QED) is 0.876. The highest BCUT2D eigenvalue weighted by Crippen LogP contribution is 2.29. The zero-order chi connectivity index (χ0) is 15.2. The molecule has 2 aromatic carbocycles. The van der Waals surface area contributed by atoms with E-state index in [9.17, 15) is 0 Å². The number of hydrogen-bond acceptors (Lipinski definition) is 4. The van der Waals surface area contributed by atoms with Crippen LogP contribution in [0.5, 0.6) is 17.2 Å². The third-order valence-electron chi connectivity index (χ3n) is 3.10. The lowest BCUT2D eigenvalue weighted by Gasteiger charge is -2.12. The van der Waals surface area contributed by atoms with Crippen LogP contribution in [0.15, 0.2) is 36.4 Å². The maximum Gasteiger partial charge on any atom is 0.161 e. The van der Waals surface area contributed by atoms with Crippen molar-refractivity contribution in [3.63, 3.8) is 0 Å². The summed E-state index contributed by atoms with van der Waals surface area (Å²) >= 11 is 6.10. The molecule has 0 atom stereocenters. The van der Waals surface area contributed by atoms with Crippen LogP contribution >= 0.6 is 11.6 Å². The molecule has 2 rings (SSSR count). The molecule has 0 fully saturated rings. The van der Waals surface area contributed by atoms with Crippen LogP contribution < -0.4 is 19.5 Å². The largest absolute Gasteiger partial charge is 0.495 e. The molecule has 0 aliphatic carbocycles. The van der Waals surface area contributed by atoms with Gasteiger partial charge in [0.05, 0.1) is 26.4 Å². The van der Waals surface area contributed by atoms with Gasteiger partial charge in [-0.25, -0.2) is 0 Å². The van der Waals surface area contributed by atoms with E-state index < -0.39 is 0 Å². The van der Waals surface area contributed by atoms with Gasteiger partial charge in [0.15, 0.2) is 11.5 Å². The van der Waals surface area contributed by atoms with Crippen LogP contribution in [0.4, 0.5) is 5.69 Å². The van der Waals surface area contributed by atoms with Crippen LogP contribution in [-0.4, -0.2) is 21.3 Å². The van der Waals surface area contributed by atoms with Crippen LogP contribution in [-0.2, 0) is 6.54 Å². The molecule has 1 N–H and O–H groups in total. The van der Waals surface area contributed by atoms with E-state index in [1.54, 1.807) is 21.3 Å². The summed E-state index contributed by atoms with van der Waals surface area (Å²) in [5.74, 6) is 2.09. The predicted molar refractivity (Wildman–Crippen MR) is 84.9 cm³/mol. The molecule has 0 amide bonds. The fourth-order valence-corrected chi connectivity index (χ4v) is 2.23. The van der Waals surface area contributed by atoms with Crippen molar-refractivity contribution in [1.82, 2.24) is 0 Å². The third-order valence-corrected chi connectivity index (χ3v) is 3.39. The highest BCUT2D eigenvalue weighted by Gasteiger charge is 2.05. The second-order valence-corrected chi connectivity index (χ2v) is 4.80. The molecule has 112 valence electrons. The minimum absolute atomic E-state index is 0.579. The number of rotatable bonds is 6. The van der Waals surface area contributed by atoms with Gasteiger partial charge in [0.1, 0.15) is 5.75 Å². The number of anilines is 1. The summed E-state index contributed by atoms with van der Waals surface area (Å²) in [5, 5.41) is 3.88. The molecule has 2 aromatic rings. The lowest BCUT2D eigenvalue weighted by molar-refractivity contribution is 0.354. The monoisotopic (exact) mass is 307 g/mol. The summed E-state index contributed by atoms with van der Waals surface area (Å²) in [6, 6.07) is 11.4. The van der Waals surface area contributed by atoms with Gasteiger partial charge in [0.25, 0.3) is 0 Å². The minimum Gasteiger partial charge on any atom is -0.495 e. The van der Waals surface area contributed by atoms with E-state index in [2.05, 4.69) is 5.32 Å². The van der Waals surface area contributed by atoms with Gasteiger partial charge in [0, 0.05) is 12.2 Å². The second-order valence-electron chi connectivity index (χ2n) is 4.39. The lowest BCUT2D eigenvalue weighted by atomic mass is 10.2. The van der Waals surface area contributed by atoms with Crippen LogP contribution in [0.25, 0.3) is 0 Å². The van der Waals surface area contributed by atoms with Crippen molar-refractivity contribution in [3.05, 3.63) is 47.0 Å². The fourth-order valence-electron chi connectivity index (χ4n) is 1.97. The highest BCUT2D eigenvalue weighted by atomic mass is 35.5. The van der Waals surface area contributed by atoms with E-state index in [4.69, 9.17) is 25.8 Å². The molecular formula is C16H18ClNO3. The zero-order valence-corrected chi connectivity index (χ0v) is 13.0. The van der Waals surface area contributed by atoms with Gasteiger partial charge in [-0.05, 0) is 35.9 Å². The number of nitrogens with one attached hydrogen (secondary N) is 1. The van der Waals surface area contributed by atoms with E-state index in [1.165, 1.54) is 0 Å². The normalized spacial score (nSPS) is 10.1. The van der Waals surface area contributed by atoms with Gasteiger partial charge in [0.2, 0.25) is 0 Å². The van der Waals surface area contributed by atoms with Crippen molar-refractivity contribution in [2.24, 2.45) is 0 Å². The van der Waals surface area contributed by atoms with Crippen molar-refractivity contribution >= 4 is 17.3 Å².